The molecule has 1 aliphatic carbocycles. The summed E-state index contributed by atoms with van der Waals surface area (Å²) in [6, 6.07) is 7.75. The van der Waals surface area contributed by atoms with E-state index in [0.29, 0.717) is 28.8 Å². The summed E-state index contributed by atoms with van der Waals surface area (Å²) in [5.41, 5.74) is 3.71. The van der Waals surface area contributed by atoms with E-state index in [1.165, 1.54) is 0 Å². The van der Waals surface area contributed by atoms with Gasteiger partial charge in [0.15, 0.2) is 0 Å². The molecule has 148 valence electrons. The van der Waals surface area contributed by atoms with Crippen molar-refractivity contribution in [3.05, 3.63) is 52.7 Å². The van der Waals surface area contributed by atoms with Gasteiger partial charge >= 0.3 is 0 Å². The number of nitrogens with one attached hydrogen (secondary N) is 2. The molecule has 0 aliphatic heterocycles. The molecule has 1 saturated carbocycles. The maximum Gasteiger partial charge on any atom is 0.250 e. The van der Waals surface area contributed by atoms with Crippen molar-refractivity contribution in [2.24, 2.45) is 0 Å². The molecular weight excluding hydrogens is 376 g/mol. The maximum atomic E-state index is 13.1. The summed E-state index contributed by atoms with van der Waals surface area (Å²) in [4.78, 5) is 3.27. The fraction of sp³-hybridized carbons (Fsp3) is 0.400. The third kappa shape index (κ3) is 3.49. The zero-order chi connectivity index (χ0) is 19.9. The van der Waals surface area contributed by atoms with E-state index in [9.17, 15) is 8.42 Å². The fourth-order valence-electron chi connectivity index (χ4n) is 3.46. The number of aromatic nitrogens is 3. The van der Waals surface area contributed by atoms with E-state index in [0.717, 1.165) is 30.4 Å². The number of H-pyrrole nitrogens is 1. The first-order valence-electron chi connectivity index (χ1n) is 9.43. The minimum atomic E-state index is -3.77. The van der Waals surface area contributed by atoms with Crippen LogP contribution in [0.2, 0.25) is 0 Å². The minimum absolute atomic E-state index is 0.168. The summed E-state index contributed by atoms with van der Waals surface area (Å²) < 4.78 is 34.7. The maximum absolute atomic E-state index is 13.1. The van der Waals surface area contributed by atoms with Crippen LogP contribution in [0.1, 0.15) is 53.6 Å². The number of hydrogen-bond acceptors (Lipinski definition) is 5. The van der Waals surface area contributed by atoms with Crippen molar-refractivity contribution in [2.75, 3.05) is 0 Å². The number of hydrogen-bond donors (Lipinski definition) is 2. The molecular formula is C20H24N4O3S. The summed E-state index contributed by atoms with van der Waals surface area (Å²) in [6.45, 7) is 5.76. The molecule has 0 amide bonds. The summed E-state index contributed by atoms with van der Waals surface area (Å²) in [7, 11) is -3.77. The van der Waals surface area contributed by atoms with Gasteiger partial charge in [-0.25, -0.2) is 13.1 Å². The molecule has 0 unspecified atom stereocenters. The Balaban J connectivity index is 1.65. The van der Waals surface area contributed by atoms with Crippen LogP contribution in [-0.2, 0) is 16.6 Å². The van der Waals surface area contributed by atoms with E-state index < -0.39 is 10.0 Å². The van der Waals surface area contributed by atoms with Gasteiger partial charge in [-0.15, -0.1) is 10.2 Å². The Morgan fingerprint density at radius 2 is 1.82 bits per heavy atom. The van der Waals surface area contributed by atoms with Crippen LogP contribution in [0.4, 0.5) is 0 Å². The van der Waals surface area contributed by atoms with Gasteiger partial charge in [0, 0.05) is 23.9 Å². The van der Waals surface area contributed by atoms with Crippen molar-refractivity contribution in [2.45, 2.75) is 57.4 Å². The number of rotatable bonds is 6. The first-order valence-corrected chi connectivity index (χ1v) is 10.9. The van der Waals surface area contributed by atoms with Gasteiger partial charge in [-0.3, -0.25) is 0 Å². The average Bonchev–Trinajstić information content (AvgIpc) is 3.17. The molecule has 3 aromatic rings. The normalized spacial score (nSPS) is 15.0. The summed E-state index contributed by atoms with van der Waals surface area (Å²) >= 11 is 0. The minimum Gasteiger partial charge on any atom is -0.420 e. The first kappa shape index (κ1) is 18.9. The Labute approximate surface area is 164 Å². The monoisotopic (exact) mass is 400 g/mol. The fourth-order valence-corrected chi connectivity index (χ4v) is 4.93. The predicted octanol–water partition coefficient (Wildman–Crippen LogP) is 3.74. The lowest BCUT2D eigenvalue weighted by Crippen LogP contribution is -2.24. The van der Waals surface area contributed by atoms with Gasteiger partial charge < -0.3 is 9.40 Å². The number of nitrogens with zero attached hydrogens (tertiary/aromatic N) is 2. The number of aryl methyl sites for hydroxylation is 3. The van der Waals surface area contributed by atoms with Crippen LogP contribution in [0.25, 0.3) is 11.5 Å². The van der Waals surface area contributed by atoms with Crippen LogP contribution >= 0.6 is 0 Å². The van der Waals surface area contributed by atoms with Crippen molar-refractivity contribution < 1.29 is 12.8 Å². The van der Waals surface area contributed by atoms with Crippen molar-refractivity contribution in [3.8, 4) is 11.5 Å². The standard InChI is InChI=1S/C20H24N4O3S/c1-12-7-9-15(10-8-12)11-21-28(25,26)18-14(3)22-13(2)17(18)20-24-23-19(27-20)16-5-4-6-16/h7-10,16,21-22H,4-6,11H2,1-3H3. The van der Waals surface area contributed by atoms with Crippen molar-refractivity contribution in [3.63, 3.8) is 0 Å². The summed E-state index contributed by atoms with van der Waals surface area (Å²) in [5.74, 6) is 1.14. The molecule has 1 aromatic carbocycles. The second kappa shape index (κ2) is 7.18. The van der Waals surface area contributed by atoms with Crippen molar-refractivity contribution in [1.82, 2.24) is 19.9 Å². The Morgan fingerprint density at radius 3 is 2.46 bits per heavy atom. The molecule has 2 aromatic heterocycles. The lowest BCUT2D eigenvalue weighted by Gasteiger charge is -2.20. The van der Waals surface area contributed by atoms with Crippen molar-refractivity contribution in [1.29, 1.82) is 0 Å². The van der Waals surface area contributed by atoms with Crippen LogP contribution in [0.5, 0.6) is 0 Å². The van der Waals surface area contributed by atoms with Crippen LogP contribution in [-0.4, -0.2) is 23.6 Å². The van der Waals surface area contributed by atoms with Gasteiger partial charge in [-0.2, -0.15) is 0 Å². The van der Waals surface area contributed by atoms with Gasteiger partial charge in [-0.05, 0) is 39.2 Å². The smallest absolute Gasteiger partial charge is 0.250 e. The Hall–Kier alpha value is -2.45. The molecule has 7 nitrogen and oxygen atoms in total. The average molecular weight is 401 g/mol. The van der Waals surface area contributed by atoms with E-state index in [1.54, 1.807) is 6.92 Å². The van der Waals surface area contributed by atoms with Gasteiger partial charge in [0.05, 0.1) is 5.56 Å². The van der Waals surface area contributed by atoms with E-state index in [-0.39, 0.29) is 17.3 Å². The molecule has 4 rings (SSSR count). The number of aromatic amines is 1. The molecule has 2 heterocycles. The van der Waals surface area contributed by atoms with Gasteiger partial charge in [0.25, 0.3) is 5.89 Å². The highest BCUT2D eigenvalue weighted by molar-refractivity contribution is 7.89. The SMILES string of the molecule is Cc1ccc(CNS(=O)(=O)c2c(C)[nH]c(C)c2-c2nnc(C3CCC3)o2)cc1. The van der Waals surface area contributed by atoms with E-state index in [2.05, 4.69) is 19.9 Å². The summed E-state index contributed by atoms with van der Waals surface area (Å²) in [6.07, 6.45) is 3.24. The van der Waals surface area contributed by atoms with E-state index in [1.807, 2.05) is 38.1 Å². The zero-order valence-electron chi connectivity index (χ0n) is 16.2. The van der Waals surface area contributed by atoms with Gasteiger partial charge in [0.1, 0.15) is 4.90 Å². The topological polar surface area (TPSA) is 101 Å². The molecule has 1 fully saturated rings. The number of sulfonamides is 1. The molecule has 0 atom stereocenters. The molecule has 2 N–H and O–H groups in total. The second-order valence-electron chi connectivity index (χ2n) is 7.46. The van der Waals surface area contributed by atoms with Crippen LogP contribution in [0, 0.1) is 20.8 Å². The van der Waals surface area contributed by atoms with Crippen LogP contribution in [0.15, 0.2) is 33.6 Å². The highest BCUT2D eigenvalue weighted by Crippen LogP contribution is 2.38. The first-order chi connectivity index (χ1) is 13.3. The molecule has 0 saturated heterocycles. The highest BCUT2D eigenvalue weighted by atomic mass is 32.2. The largest absolute Gasteiger partial charge is 0.420 e. The zero-order valence-corrected chi connectivity index (χ0v) is 17.1. The lowest BCUT2D eigenvalue weighted by atomic mass is 9.85. The molecule has 0 bridgehead atoms. The molecule has 0 spiro atoms. The van der Waals surface area contributed by atoms with Crippen LogP contribution < -0.4 is 4.72 Å². The number of benzene rings is 1. The lowest BCUT2D eigenvalue weighted by molar-refractivity contribution is 0.338. The van der Waals surface area contributed by atoms with E-state index in [4.69, 9.17) is 4.42 Å². The highest BCUT2D eigenvalue weighted by Gasteiger charge is 2.31. The van der Waals surface area contributed by atoms with Gasteiger partial charge in [-0.1, -0.05) is 36.2 Å². The summed E-state index contributed by atoms with van der Waals surface area (Å²) in [5, 5.41) is 8.28. The quantitative estimate of drug-likeness (QED) is 0.656. The third-order valence-electron chi connectivity index (χ3n) is 5.28. The van der Waals surface area contributed by atoms with E-state index >= 15 is 0 Å². The van der Waals surface area contributed by atoms with Gasteiger partial charge in [0.2, 0.25) is 15.9 Å². The predicted molar refractivity (Wildman–Crippen MR) is 105 cm³/mol. The Morgan fingerprint density at radius 1 is 1.11 bits per heavy atom. The van der Waals surface area contributed by atoms with Crippen molar-refractivity contribution >= 4 is 10.0 Å². The molecule has 8 heteroatoms. The Kier molecular flexibility index (Phi) is 4.84. The Bertz CT molecular complexity index is 1090. The van der Waals surface area contributed by atoms with Crippen LogP contribution in [0.3, 0.4) is 0 Å². The molecule has 0 radical (unpaired) electrons. The third-order valence-corrected chi connectivity index (χ3v) is 6.85. The molecule has 1 aliphatic rings. The second-order valence-corrected chi connectivity index (χ2v) is 9.17. The molecule has 28 heavy (non-hydrogen) atoms.